The highest BCUT2D eigenvalue weighted by molar-refractivity contribution is 6.00. The first-order valence-corrected chi connectivity index (χ1v) is 4.25. The van der Waals surface area contributed by atoms with Crippen molar-refractivity contribution in [3.05, 3.63) is 23.8 Å². The van der Waals surface area contributed by atoms with Crippen LogP contribution in [0.4, 0.5) is 0 Å². The van der Waals surface area contributed by atoms with E-state index in [0.717, 1.165) is 0 Å². The molecule has 4 nitrogen and oxygen atoms in total. The summed E-state index contributed by atoms with van der Waals surface area (Å²) in [6, 6.07) is 4.45. The summed E-state index contributed by atoms with van der Waals surface area (Å²) in [5.41, 5.74) is 1.32. The van der Waals surface area contributed by atoms with Gasteiger partial charge in [0.15, 0.2) is 0 Å². The van der Waals surface area contributed by atoms with Gasteiger partial charge in [-0.1, -0.05) is 0 Å². The number of hydrazone groups is 1. The fourth-order valence-corrected chi connectivity index (χ4v) is 1.18. The molecule has 0 aliphatic rings. The summed E-state index contributed by atoms with van der Waals surface area (Å²) in [7, 11) is 3.61. The predicted octanol–water partition coefficient (Wildman–Crippen LogP) is 1.38. The minimum absolute atomic E-state index is 0.0353. The molecule has 0 aliphatic heterocycles. The van der Waals surface area contributed by atoms with Crippen molar-refractivity contribution in [2.45, 2.75) is 6.92 Å². The zero-order valence-corrected chi connectivity index (χ0v) is 8.52. The molecule has 0 saturated carbocycles. The van der Waals surface area contributed by atoms with Gasteiger partial charge in [-0.3, -0.25) is 0 Å². The van der Waals surface area contributed by atoms with Crippen LogP contribution in [0.2, 0.25) is 0 Å². The Kier molecular flexibility index (Phi) is 2.96. The van der Waals surface area contributed by atoms with Crippen LogP contribution < -0.4 is 0 Å². The van der Waals surface area contributed by atoms with Crippen LogP contribution in [-0.4, -0.2) is 35.0 Å². The molecule has 2 N–H and O–H groups in total. The summed E-state index contributed by atoms with van der Waals surface area (Å²) >= 11 is 0. The van der Waals surface area contributed by atoms with Gasteiger partial charge in [0.1, 0.15) is 11.5 Å². The number of hydrogen-bond acceptors (Lipinski definition) is 4. The average Bonchev–Trinajstić information content (AvgIpc) is 2.01. The zero-order valence-electron chi connectivity index (χ0n) is 8.52. The van der Waals surface area contributed by atoms with Crippen LogP contribution in [0.5, 0.6) is 11.5 Å². The number of benzene rings is 1. The number of aromatic hydroxyl groups is 2. The average molecular weight is 194 g/mol. The highest BCUT2D eigenvalue weighted by Gasteiger charge is 2.05. The summed E-state index contributed by atoms with van der Waals surface area (Å²) in [5, 5.41) is 24.4. The molecular formula is C10H14N2O2. The van der Waals surface area contributed by atoms with E-state index < -0.39 is 0 Å². The predicted molar refractivity (Wildman–Crippen MR) is 55.7 cm³/mol. The van der Waals surface area contributed by atoms with Crippen LogP contribution in [0.25, 0.3) is 0 Å². The first-order valence-electron chi connectivity index (χ1n) is 4.25. The van der Waals surface area contributed by atoms with E-state index in [9.17, 15) is 5.11 Å². The summed E-state index contributed by atoms with van der Waals surface area (Å²) in [4.78, 5) is 0. The van der Waals surface area contributed by atoms with E-state index in [1.54, 1.807) is 32.1 Å². The van der Waals surface area contributed by atoms with Gasteiger partial charge in [-0.05, 0) is 19.1 Å². The second-order valence-corrected chi connectivity index (χ2v) is 3.23. The smallest absolute Gasteiger partial charge is 0.128 e. The van der Waals surface area contributed by atoms with E-state index in [1.165, 1.54) is 12.1 Å². The van der Waals surface area contributed by atoms with Gasteiger partial charge in [0, 0.05) is 25.7 Å². The molecular weight excluding hydrogens is 180 g/mol. The molecule has 1 rings (SSSR count). The van der Waals surface area contributed by atoms with Crippen LogP contribution in [0.15, 0.2) is 23.3 Å². The summed E-state index contributed by atoms with van der Waals surface area (Å²) < 4.78 is 0. The lowest BCUT2D eigenvalue weighted by molar-refractivity contribution is 0.435. The molecule has 76 valence electrons. The molecule has 0 atom stereocenters. The van der Waals surface area contributed by atoms with Gasteiger partial charge in [0.05, 0.1) is 5.71 Å². The lowest BCUT2D eigenvalue weighted by Gasteiger charge is -2.08. The zero-order chi connectivity index (χ0) is 10.7. The molecule has 0 spiro atoms. The Morgan fingerprint density at radius 1 is 1.29 bits per heavy atom. The number of phenolic OH excluding ortho intramolecular Hbond substituents is 2. The standard InChI is InChI=1S/C10H14N2O2/c1-7(11-12(2)3)9-5-4-8(13)6-10(9)14/h4-6,13-14H,1-3H3. The van der Waals surface area contributed by atoms with Gasteiger partial charge in [0.2, 0.25) is 0 Å². The normalized spacial score (nSPS) is 11.5. The molecule has 0 heterocycles. The molecule has 4 heteroatoms. The highest BCUT2D eigenvalue weighted by atomic mass is 16.3. The Bertz CT molecular complexity index is 359. The van der Waals surface area contributed by atoms with Crippen molar-refractivity contribution in [2.75, 3.05) is 14.1 Å². The third kappa shape index (κ3) is 2.39. The Morgan fingerprint density at radius 3 is 2.43 bits per heavy atom. The molecule has 0 bridgehead atoms. The number of rotatable bonds is 2. The molecule has 0 amide bonds. The Labute approximate surface area is 83.1 Å². The minimum atomic E-state index is 0.0353. The summed E-state index contributed by atoms with van der Waals surface area (Å²) in [6.07, 6.45) is 0. The molecule has 0 aliphatic carbocycles. The molecule has 14 heavy (non-hydrogen) atoms. The largest absolute Gasteiger partial charge is 0.508 e. The summed E-state index contributed by atoms with van der Waals surface area (Å²) in [5.74, 6) is 0.0806. The van der Waals surface area contributed by atoms with Crippen molar-refractivity contribution in [3.63, 3.8) is 0 Å². The lowest BCUT2D eigenvalue weighted by atomic mass is 10.1. The van der Waals surface area contributed by atoms with E-state index in [0.29, 0.717) is 11.3 Å². The van der Waals surface area contributed by atoms with Crippen molar-refractivity contribution in [2.24, 2.45) is 5.10 Å². The second kappa shape index (κ2) is 4.00. The molecule has 0 unspecified atom stereocenters. The van der Waals surface area contributed by atoms with E-state index in [1.807, 2.05) is 0 Å². The molecule has 0 aromatic heterocycles. The van der Waals surface area contributed by atoms with Crippen LogP contribution in [0.3, 0.4) is 0 Å². The van der Waals surface area contributed by atoms with Crippen LogP contribution in [0, 0.1) is 0 Å². The minimum Gasteiger partial charge on any atom is -0.508 e. The van der Waals surface area contributed by atoms with E-state index in [2.05, 4.69) is 5.10 Å². The SMILES string of the molecule is CC(=NN(C)C)c1ccc(O)cc1O. The second-order valence-electron chi connectivity index (χ2n) is 3.23. The van der Waals surface area contributed by atoms with E-state index in [4.69, 9.17) is 5.11 Å². The Hall–Kier alpha value is -1.71. The Morgan fingerprint density at radius 2 is 1.93 bits per heavy atom. The molecule has 1 aromatic rings. The third-order valence-corrected chi connectivity index (χ3v) is 1.72. The quantitative estimate of drug-likeness (QED) is 0.552. The van der Waals surface area contributed by atoms with Crippen molar-refractivity contribution < 1.29 is 10.2 Å². The van der Waals surface area contributed by atoms with Gasteiger partial charge in [0.25, 0.3) is 0 Å². The molecule has 1 aromatic carbocycles. The van der Waals surface area contributed by atoms with Crippen molar-refractivity contribution in [1.82, 2.24) is 5.01 Å². The van der Waals surface area contributed by atoms with Gasteiger partial charge in [-0.15, -0.1) is 0 Å². The fourth-order valence-electron chi connectivity index (χ4n) is 1.18. The van der Waals surface area contributed by atoms with Crippen molar-refractivity contribution in [1.29, 1.82) is 0 Å². The lowest BCUT2D eigenvalue weighted by Crippen LogP contribution is -2.07. The van der Waals surface area contributed by atoms with E-state index in [-0.39, 0.29) is 11.5 Å². The number of hydrogen-bond donors (Lipinski definition) is 2. The third-order valence-electron chi connectivity index (χ3n) is 1.72. The topological polar surface area (TPSA) is 56.1 Å². The fraction of sp³-hybridized carbons (Fsp3) is 0.300. The maximum atomic E-state index is 9.52. The molecule has 0 radical (unpaired) electrons. The maximum absolute atomic E-state index is 9.52. The first-order chi connectivity index (χ1) is 6.50. The van der Waals surface area contributed by atoms with Crippen LogP contribution in [-0.2, 0) is 0 Å². The van der Waals surface area contributed by atoms with Crippen LogP contribution >= 0.6 is 0 Å². The maximum Gasteiger partial charge on any atom is 0.128 e. The van der Waals surface area contributed by atoms with Crippen molar-refractivity contribution in [3.8, 4) is 11.5 Å². The van der Waals surface area contributed by atoms with Gasteiger partial charge >= 0.3 is 0 Å². The van der Waals surface area contributed by atoms with E-state index >= 15 is 0 Å². The first kappa shape index (κ1) is 10.4. The number of nitrogens with zero attached hydrogens (tertiary/aromatic N) is 2. The molecule has 0 fully saturated rings. The molecule has 0 saturated heterocycles. The van der Waals surface area contributed by atoms with Gasteiger partial charge in [-0.25, -0.2) is 0 Å². The van der Waals surface area contributed by atoms with Crippen molar-refractivity contribution >= 4 is 5.71 Å². The Balaban J connectivity index is 3.07. The number of phenols is 2. The monoisotopic (exact) mass is 194 g/mol. The highest BCUT2D eigenvalue weighted by Crippen LogP contribution is 2.23. The van der Waals surface area contributed by atoms with Gasteiger partial charge in [-0.2, -0.15) is 5.10 Å². The van der Waals surface area contributed by atoms with Gasteiger partial charge < -0.3 is 15.2 Å². The van der Waals surface area contributed by atoms with Crippen LogP contribution in [0.1, 0.15) is 12.5 Å². The summed E-state index contributed by atoms with van der Waals surface area (Å²) in [6.45, 7) is 1.80.